The van der Waals surface area contributed by atoms with Gasteiger partial charge in [-0.1, -0.05) is 0 Å². The van der Waals surface area contributed by atoms with Crippen LogP contribution in [-0.4, -0.2) is 53.8 Å². The number of hydrogen-bond acceptors (Lipinski definition) is 4. The van der Waals surface area contributed by atoms with E-state index in [0.29, 0.717) is 17.9 Å². The molecule has 1 atom stereocenters. The number of morpholine rings is 1. The highest BCUT2D eigenvalue weighted by molar-refractivity contribution is 5.96. The lowest BCUT2D eigenvalue weighted by Gasteiger charge is -2.32. The average molecular weight is 293 g/mol. The van der Waals surface area contributed by atoms with Crippen LogP contribution in [0.15, 0.2) is 24.3 Å². The first-order chi connectivity index (χ1) is 9.99. The second kappa shape index (κ2) is 6.58. The zero-order valence-corrected chi connectivity index (χ0v) is 12.1. The second-order valence-corrected chi connectivity index (χ2v) is 5.12. The maximum absolute atomic E-state index is 12.4. The van der Waals surface area contributed by atoms with Crippen LogP contribution in [0.1, 0.15) is 24.2 Å². The summed E-state index contributed by atoms with van der Waals surface area (Å²) in [5, 5.41) is 9.15. The Kier molecular flexibility index (Phi) is 4.80. The number of nitrogens with zero attached hydrogens (tertiary/aromatic N) is 1. The van der Waals surface area contributed by atoms with Crippen LogP contribution >= 0.6 is 0 Å². The molecule has 0 bridgehead atoms. The zero-order chi connectivity index (χ0) is 15.4. The molecule has 0 spiro atoms. The quantitative estimate of drug-likeness (QED) is 0.908. The van der Waals surface area contributed by atoms with Gasteiger partial charge in [-0.05, 0) is 38.1 Å². The number of aliphatic carboxylic acids is 1. The molecule has 0 radical (unpaired) electrons. The molecule has 1 fully saturated rings. The number of carbonyl (C=O) groups is 2. The standard InChI is InChI=1S/C15H19NO5/c1-10(2)21-12-5-3-11(4-6-12)14(17)16-7-8-20-9-13(16)15(18)19/h3-6,10,13H,7-9H2,1-2H3,(H,18,19). The van der Waals surface area contributed by atoms with Gasteiger partial charge in [0.15, 0.2) is 6.04 Å². The van der Waals surface area contributed by atoms with Crippen LogP contribution in [0.5, 0.6) is 5.75 Å². The molecular weight excluding hydrogens is 274 g/mol. The summed E-state index contributed by atoms with van der Waals surface area (Å²) in [6.07, 6.45) is 0.0576. The fourth-order valence-corrected chi connectivity index (χ4v) is 2.17. The van der Waals surface area contributed by atoms with Gasteiger partial charge in [0.2, 0.25) is 0 Å². The Morgan fingerprint density at radius 3 is 2.57 bits per heavy atom. The van der Waals surface area contributed by atoms with Gasteiger partial charge in [0.05, 0.1) is 19.3 Å². The van der Waals surface area contributed by atoms with Gasteiger partial charge < -0.3 is 19.5 Å². The first-order valence-electron chi connectivity index (χ1n) is 6.87. The lowest BCUT2D eigenvalue weighted by Crippen LogP contribution is -2.52. The highest BCUT2D eigenvalue weighted by Crippen LogP contribution is 2.17. The Balaban J connectivity index is 2.12. The fraction of sp³-hybridized carbons (Fsp3) is 0.467. The lowest BCUT2D eigenvalue weighted by atomic mass is 10.1. The van der Waals surface area contributed by atoms with Crippen molar-refractivity contribution in [3.05, 3.63) is 29.8 Å². The van der Waals surface area contributed by atoms with Crippen molar-refractivity contribution in [2.75, 3.05) is 19.8 Å². The third-order valence-corrected chi connectivity index (χ3v) is 3.15. The Morgan fingerprint density at radius 2 is 2.00 bits per heavy atom. The molecule has 114 valence electrons. The number of rotatable bonds is 4. The molecule has 6 nitrogen and oxygen atoms in total. The predicted octanol–water partition coefficient (Wildman–Crippen LogP) is 1.40. The van der Waals surface area contributed by atoms with E-state index in [9.17, 15) is 9.59 Å². The molecule has 21 heavy (non-hydrogen) atoms. The van der Waals surface area contributed by atoms with Gasteiger partial charge in [0.1, 0.15) is 5.75 Å². The van der Waals surface area contributed by atoms with Gasteiger partial charge in [0.25, 0.3) is 5.91 Å². The SMILES string of the molecule is CC(C)Oc1ccc(C(=O)N2CCOCC2C(=O)O)cc1. The highest BCUT2D eigenvalue weighted by atomic mass is 16.5. The zero-order valence-electron chi connectivity index (χ0n) is 12.1. The minimum Gasteiger partial charge on any atom is -0.491 e. The number of ether oxygens (including phenoxy) is 2. The van der Waals surface area contributed by atoms with Crippen molar-refractivity contribution in [3.8, 4) is 5.75 Å². The Hall–Kier alpha value is -2.08. The van der Waals surface area contributed by atoms with Crippen molar-refractivity contribution in [2.24, 2.45) is 0 Å². The summed E-state index contributed by atoms with van der Waals surface area (Å²) < 4.78 is 10.6. The van der Waals surface area contributed by atoms with Gasteiger partial charge in [-0.2, -0.15) is 0 Å². The molecule has 0 saturated carbocycles. The number of hydrogen-bond donors (Lipinski definition) is 1. The summed E-state index contributed by atoms with van der Waals surface area (Å²) >= 11 is 0. The van der Waals surface area contributed by atoms with E-state index in [-0.39, 0.29) is 25.2 Å². The predicted molar refractivity (Wildman–Crippen MR) is 75.5 cm³/mol. The van der Waals surface area contributed by atoms with Crippen molar-refractivity contribution < 1.29 is 24.2 Å². The van der Waals surface area contributed by atoms with Gasteiger partial charge >= 0.3 is 5.97 Å². The summed E-state index contributed by atoms with van der Waals surface area (Å²) in [6.45, 7) is 4.49. The maximum Gasteiger partial charge on any atom is 0.328 e. The maximum atomic E-state index is 12.4. The van der Waals surface area contributed by atoms with Crippen molar-refractivity contribution >= 4 is 11.9 Å². The molecule has 1 amide bonds. The van der Waals surface area contributed by atoms with Crippen LogP contribution in [0.25, 0.3) is 0 Å². The molecule has 6 heteroatoms. The molecule has 1 unspecified atom stereocenters. The van der Waals surface area contributed by atoms with E-state index in [1.165, 1.54) is 4.90 Å². The third-order valence-electron chi connectivity index (χ3n) is 3.15. The topological polar surface area (TPSA) is 76.1 Å². The molecular formula is C15H19NO5. The van der Waals surface area contributed by atoms with Gasteiger partial charge in [0, 0.05) is 12.1 Å². The summed E-state index contributed by atoms with van der Waals surface area (Å²) in [5.41, 5.74) is 0.444. The van der Waals surface area contributed by atoms with Crippen LogP contribution in [-0.2, 0) is 9.53 Å². The van der Waals surface area contributed by atoms with Crippen LogP contribution in [0.4, 0.5) is 0 Å². The first kappa shape index (κ1) is 15.3. The normalized spacial score (nSPS) is 18.6. The number of benzene rings is 1. The Labute approximate surface area is 123 Å². The molecule has 1 aromatic rings. The smallest absolute Gasteiger partial charge is 0.328 e. The minimum atomic E-state index is -1.05. The van der Waals surface area contributed by atoms with Crippen LogP contribution in [0.3, 0.4) is 0 Å². The van der Waals surface area contributed by atoms with E-state index in [0.717, 1.165) is 0 Å². The van der Waals surface area contributed by atoms with Gasteiger partial charge in [-0.25, -0.2) is 4.79 Å². The first-order valence-corrected chi connectivity index (χ1v) is 6.87. The number of carbonyl (C=O) groups excluding carboxylic acids is 1. The molecule has 1 saturated heterocycles. The Bertz CT molecular complexity index is 511. The number of amides is 1. The van der Waals surface area contributed by atoms with Crippen molar-refractivity contribution in [1.29, 1.82) is 0 Å². The summed E-state index contributed by atoms with van der Waals surface area (Å²) in [4.78, 5) is 24.9. The Morgan fingerprint density at radius 1 is 1.33 bits per heavy atom. The minimum absolute atomic E-state index is 0.0234. The molecule has 1 heterocycles. The number of carboxylic acids is 1. The third kappa shape index (κ3) is 3.72. The monoisotopic (exact) mass is 293 g/mol. The van der Waals surface area contributed by atoms with Crippen LogP contribution < -0.4 is 4.74 Å². The van der Waals surface area contributed by atoms with E-state index in [2.05, 4.69) is 0 Å². The van der Waals surface area contributed by atoms with E-state index in [1.807, 2.05) is 13.8 Å². The molecule has 1 aromatic carbocycles. The van der Waals surface area contributed by atoms with E-state index >= 15 is 0 Å². The van der Waals surface area contributed by atoms with Gasteiger partial charge in [-0.3, -0.25) is 4.79 Å². The van der Waals surface area contributed by atoms with Crippen molar-refractivity contribution in [1.82, 2.24) is 4.90 Å². The fourth-order valence-electron chi connectivity index (χ4n) is 2.17. The molecule has 2 rings (SSSR count). The van der Waals surface area contributed by atoms with Gasteiger partial charge in [-0.15, -0.1) is 0 Å². The second-order valence-electron chi connectivity index (χ2n) is 5.12. The van der Waals surface area contributed by atoms with Crippen molar-refractivity contribution in [2.45, 2.75) is 26.0 Å². The van der Waals surface area contributed by atoms with E-state index < -0.39 is 12.0 Å². The molecule has 1 N–H and O–H groups in total. The average Bonchev–Trinajstić information content (AvgIpc) is 2.46. The highest BCUT2D eigenvalue weighted by Gasteiger charge is 2.33. The summed E-state index contributed by atoms with van der Waals surface area (Å²) in [6, 6.07) is 5.79. The summed E-state index contributed by atoms with van der Waals surface area (Å²) in [5.74, 6) is -0.678. The van der Waals surface area contributed by atoms with Crippen LogP contribution in [0, 0.1) is 0 Å². The van der Waals surface area contributed by atoms with E-state index in [1.54, 1.807) is 24.3 Å². The largest absolute Gasteiger partial charge is 0.491 e. The summed E-state index contributed by atoms with van der Waals surface area (Å²) in [7, 11) is 0. The molecule has 1 aliphatic rings. The molecule has 1 aliphatic heterocycles. The number of carboxylic acid groups (broad SMARTS) is 1. The lowest BCUT2D eigenvalue weighted by molar-refractivity contribution is -0.147. The molecule has 0 aliphatic carbocycles. The molecule has 0 aromatic heterocycles. The van der Waals surface area contributed by atoms with Crippen molar-refractivity contribution in [3.63, 3.8) is 0 Å². The van der Waals surface area contributed by atoms with E-state index in [4.69, 9.17) is 14.6 Å². The van der Waals surface area contributed by atoms with Crippen LogP contribution in [0.2, 0.25) is 0 Å².